The van der Waals surface area contributed by atoms with Gasteiger partial charge in [-0.15, -0.1) is 5.10 Å². The fraction of sp³-hybridized carbons (Fsp3) is 0.263. The quantitative estimate of drug-likeness (QED) is 0.648. The molecule has 0 radical (unpaired) electrons. The van der Waals surface area contributed by atoms with Crippen molar-refractivity contribution < 1.29 is 4.79 Å². The number of thioether (sulfide) groups is 1. The van der Waals surface area contributed by atoms with E-state index in [9.17, 15) is 4.79 Å². The second kappa shape index (κ2) is 7.70. The predicted octanol–water partition coefficient (Wildman–Crippen LogP) is 3.20. The van der Waals surface area contributed by atoms with Crippen LogP contribution in [0.3, 0.4) is 0 Å². The first-order valence-electron chi connectivity index (χ1n) is 8.26. The van der Waals surface area contributed by atoms with Crippen molar-refractivity contribution in [1.29, 1.82) is 0 Å². The van der Waals surface area contributed by atoms with E-state index in [1.807, 2.05) is 62.4 Å². The molecular weight excluding hydrogens is 346 g/mol. The summed E-state index contributed by atoms with van der Waals surface area (Å²) in [5, 5.41) is 12.4. The van der Waals surface area contributed by atoms with Crippen LogP contribution in [0.15, 0.2) is 53.7 Å². The van der Waals surface area contributed by atoms with Gasteiger partial charge in [-0.05, 0) is 41.0 Å². The molecule has 0 aliphatic carbocycles. The van der Waals surface area contributed by atoms with Gasteiger partial charge in [-0.2, -0.15) is 4.68 Å². The summed E-state index contributed by atoms with van der Waals surface area (Å²) < 4.78 is 1.72. The molecule has 0 spiro atoms. The van der Waals surface area contributed by atoms with E-state index in [0.717, 1.165) is 22.4 Å². The molecule has 0 aliphatic heterocycles. The molecule has 1 amide bonds. The Morgan fingerprint density at radius 1 is 1.04 bits per heavy atom. The van der Waals surface area contributed by atoms with Crippen LogP contribution in [0.1, 0.15) is 21.9 Å². The van der Waals surface area contributed by atoms with Crippen molar-refractivity contribution >= 4 is 17.7 Å². The number of para-hydroxylation sites is 1. The molecule has 1 aromatic heterocycles. The van der Waals surface area contributed by atoms with E-state index in [1.54, 1.807) is 23.7 Å². The third kappa shape index (κ3) is 3.62. The van der Waals surface area contributed by atoms with E-state index < -0.39 is 5.25 Å². The zero-order valence-electron chi connectivity index (χ0n) is 15.2. The Kier molecular flexibility index (Phi) is 5.37. The van der Waals surface area contributed by atoms with Crippen LogP contribution in [0.5, 0.6) is 0 Å². The number of carbonyl (C=O) groups excluding carboxylic acids is 1. The molecule has 6 nitrogen and oxygen atoms in total. The maximum atomic E-state index is 12.8. The average molecular weight is 367 g/mol. The summed E-state index contributed by atoms with van der Waals surface area (Å²) in [5.41, 5.74) is 4.03. The predicted molar refractivity (Wildman–Crippen MR) is 102 cm³/mol. The molecule has 3 rings (SSSR count). The lowest BCUT2D eigenvalue weighted by Gasteiger charge is -2.20. The van der Waals surface area contributed by atoms with E-state index >= 15 is 0 Å². The molecule has 0 saturated heterocycles. The number of amides is 1. The molecule has 134 valence electrons. The number of aryl methyl sites for hydroxylation is 2. The van der Waals surface area contributed by atoms with E-state index in [2.05, 4.69) is 15.5 Å². The number of nitrogens with zero attached hydrogens (tertiary/aromatic N) is 5. The van der Waals surface area contributed by atoms with Gasteiger partial charge in [-0.1, -0.05) is 60.3 Å². The van der Waals surface area contributed by atoms with Crippen LogP contribution in [0, 0.1) is 13.8 Å². The lowest BCUT2D eigenvalue weighted by Crippen LogP contribution is -2.27. The Bertz CT molecular complexity index is 887. The summed E-state index contributed by atoms with van der Waals surface area (Å²) in [6.07, 6.45) is 0. The third-order valence-electron chi connectivity index (χ3n) is 4.08. The summed E-state index contributed by atoms with van der Waals surface area (Å²) in [4.78, 5) is 14.4. The number of tetrazole rings is 1. The molecule has 7 heteroatoms. The molecular formula is C19H21N5OS. The van der Waals surface area contributed by atoms with Crippen LogP contribution in [0.2, 0.25) is 0 Å². The minimum absolute atomic E-state index is 0.00254. The monoisotopic (exact) mass is 367 g/mol. The Morgan fingerprint density at radius 3 is 2.31 bits per heavy atom. The van der Waals surface area contributed by atoms with Gasteiger partial charge in [0.05, 0.1) is 5.69 Å². The van der Waals surface area contributed by atoms with Gasteiger partial charge in [0.2, 0.25) is 11.1 Å². The fourth-order valence-corrected chi connectivity index (χ4v) is 3.89. The fourth-order valence-electron chi connectivity index (χ4n) is 2.76. The van der Waals surface area contributed by atoms with Gasteiger partial charge in [0, 0.05) is 14.1 Å². The van der Waals surface area contributed by atoms with Crippen LogP contribution in [0.25, 0.3) is 5.69 Å². The van der Waals surface area contributed by atoms with E-state index in [0.29, 0.717) is 5.16 Å². The molecule has 1 heterocycles. The van der Waals surface area contributed by atoms with Crippen molar-refractivity contribution in [3.05, 3.63) is 65.2 Å². The average Bonchev–Trinajstić information content (AvgIpc) is 3.07. The van der Waals surface area contributed by atoms with Gasteiger partial charge in [0.1, 0.15) is 5.25 Å². The van der Waals surface area contributed by atoms with Crippen LogP contribution in [0.4, 0.5) is 0 Å². The largest absolute Gasteiger partial charge is 0.348 e. The Hall–Kier alpha value is -2.67. The molecule has 0 unspecified atom stereocenters. The third-order valence-corrected chi connectivity index (χ3v) is 5.26. The standard InChI is InChI=1S/C19H21N5OS/c1-13-9-8-10-14(2)16(13)24-19(20-21-22-24)26-17(18(25)23(3)4)15-11-6-5-7-12-15/h5-12,17H,1-4H3/t17-/m0/s1. The second-order valence-corrected chi connectivity index (χ2v) is 7.33. The minimum Gasteiger partial charge on any atom is -0.348 e. The highest BCUT2D eigenvalue weighted by Gasteiger charge is 2.27. The summed E-state index contributed by atoms with van der Waals surface area (Å²) >= 11 is 1.36. The van der Waals surface area contributed by atoms with Crippen LogP contribution >= 0.6 is 11.8 Å². The van der Waals surface area contributed by atoms with Gasteiger partial charge < -0.3 is 4.90 Å². The smallest absolute Gasteiger partial charge is 0.240 e. The van der Waals surface area contributed by atoms with Crippen molar-refractivity contribution in [2.75, 3.05) is 14.1 Å². The number of aromatic nitrogens is 4. The van der Waals surface area contributed by atoms with E-state index in [-0.39, 0.29) is 5.91 Å². The molecule has 1 atom stereocenters. The number of hydrogen-bond donors (Lipinski definition) is 0. The number of carbonyl (C=O) groups is 1. The first-order chi connectivity index (χ1) is 12.5. The van der Waals surface area contributed by atoms with Gasteiger partial charge in [-0.25, -0.2) is 0 Å². The highest BCUT2D eigenvalue weighted by molar-refractivity contribution is 8.00. The SMILES string of the molecule is Cc1cccc(C)c1-n1nnnc1S[C@H](C(=O)N(C)C)c1ccccc1. The van der Waals surface area contributed by atoms with Crippen molar-refractivity contribution in [3.8, 4) is 5.69 Å². The second-order valence-electron chi connectivity index (χ2n) is 6.25. The lowest BCUT2D eigenvalue weighted by atomic mass is 10.1. The molecule has 0 N–H and O–H groups in total. The lowest BCUT2D eigenvalue weighted by molar-refractivity contribution is -0.128. The molecule has 26 heavy (non-hydrogen) atoms. The number of benzene rings is 2. The van der Waals surface area contributed by atoms with Crippen LogP contribution in [-0.2, 0) is 4.79 Å². The maximum absolute atomic E-state index is 12.8. The molecule has 3 aromatic rings. The highest BCUT2D eigenvalue weighted by Crippen LogP contribution is 2.36. The normalized spacial score (nSPS) is 12.0. The van der Waals surface area contributed by atoms with Gasteiger partial charge in [-0.3, -0.25) is 4.79 Å². The molecule has 0 saturated carbocycles. The summed E-state index contributed by atoms with van der Waals surface area (Å²) in [6, 6.07) is 15.8. The van der Waals surface area contributed by atoms with Crippen LogP contribution in [-0.4, -0.2) is 45.1 Å². The van der Waals surface area contributed by atoms with Crippen LogP contribution < -0.4 is 0 Å². The zero-order chi connectivity index (χ0) is 18.7. The first kappa shape index (κ1) is 18.1. The Balaban J connectivity index is 2.02. The van der Waals surface area contributed by atoms with Crippen molar-refractivity contribution in [2.45, 2.75) is 24.3 Å². The summed E-state index contributed by atoms with van der Waals surface area (Å²) in [5.74, 6) is -0.00254. The number of rotatable bonds is 5. The van der Waals surface area contributed by atoms with E-state index in [4.69, 9.17) is 0 Å². The molecule has 0 aliphatic rings. The molecule has 0 bridgehead atoms. The first-order valence-corrected chi connectivity index (χ1v) is 9.14. The van der Waals surface area contributed by atoms with Gasteiger partial charge in [0.15, 0.2) is 0 Å². The van der Waals surface area contributed by atoms with E-state index in [1.165, 1.54) is 11.8 Å². The Labute approximate surface area is 157 Å². The molecule has 2 aromatic carbocycles. The minimum atomic E-state index is -0.416. The van der Waals surface area contributed by atoms with Gasteiger partial charge >= 0.3 is 0 Å². The number of hydrogen-bond acceptors (Lipinski definition) is 5. The molecule has 0 fully saturated rings. The highest BCUT2D eigenvalue weighted by atomic mass is 32.2. The van der Waals surface area contributed by atoms with Crippen molar-refractivity contribution in [3.63, 3.8) is 0 Å². The van der Waals surface area contributed by atoms with Crippen molar-refractivity contribution in [2.24, 2.45) is 0 Å². The Morgan fingerprint density at radius 2 is 1.69 bits per heavy atom. The van der Waals surface area contributed by atoms with Gasteiger partial charge in [0.25, 0.3) is 0 Å². The van der Waals surface area contributed by atoms with Crippen molar-refractivity contribution in [1.82, 2.24) is 25.1 Å². The topological polar surface area (TPSA) is 63.9 Å². The zero-order valence-corrected chi connectivity index (χ0v) is 16.1. The summed E-state index contributed by atoms with van der Waals surface area (Å²) in [7, 11) is 3.51. The summed E-state index contributed by atoms with van der Waals surface area (Å²) in [6.45, 7) is 4.05. The number of likely N-dealkylation sites (N-methyl/N-ethyl adjacent to an activating group) is 1. The maximum Gasteiger partial charge on any atom is 0.240 e.